The summed E-state index contributed by atoms with van der Waals surface area (Å²) in [5.74, 6) is 1.25. The van der Waals surface area contributed by atoms with Crippen LogP contribution >= 0.6 is 11.6 Å². The summed E-state index contributed by atoms with van der Waals surface area (Å²) in [4.78, 5) is 0. The van der Waals surface area contributed by atoms with E-state index in [4.69, 9.17) is 16.3 Å². The highest BCUT2D eigenvalue weighted by Gasteiger charge is 2.18. The van der Waals surface area contributed by atoms with Gasteiger partial charge in [-0.2, -0.15) is 0 Å². The standard InChI is InChI=1S/C17H21ClN2O/c1-6-17(4,5)13-7-9-14(10-8-13)21-16-12(3)11(2)15(18)19-20-16/h7-10H,6H2,1-5H3. The van der Waals surface area contributed by atoms with E-state index in [1.165, 1.54) is 5.56 Å². The molecule has 0 aliphatic rings. The fourth-order valence-electron chi connectivity index (χ4n) is 1.94. The lowest BCUT2D eigenvalue weighted by atomic mass is 9.82. The molecule has 112 valence electrons. The number of hydrogen-bond donors (Lipinski definition) is 0. The van der Waals surface area contributed by atoms with Gasteiger partial charge in [-0.3, -0.25) is 0 Å². The Morgan fingerprint density at radius 2 is 1.67 bits per heavy atom. The van der Waals surface area contributed by atoms with E-state index in [-0.39, 0.29) is 5.41 Å². The van der Waals surface area contributed by atoms with Crippen LogP contribution < -0.4 is 4.74 Å². The quantitative estimate of drug-likeness (QED) is 0.776. The number of hydrogen-bond acceptors (Lipinski definition) is 3. The maximum absolute atomic E-state index is 5.95. The summed E-state index contributed by atoms with van der Waals surface area (Å²) in [6.07, 6.45) is 1.09. The fourth-order valence-corrected chi connectivity index (χ4v) is 2.12. The summed E-state index contributed by atoms with van der Waals surface area (Å²) in [5.41, 5.74) is 3.27. The van der Waals surface area contributed by atoms with Crippen LogP contribution in [0.1, 0.15) is 43.9 Å². The van der Waals surface area contributed by atoms with Crippen molar-refractivity contribution < 1.29 is 4.74 Å². The van der Waals surface area contributed by atoms with Crippen LogP contribution in [-0.4, -0.2) is 10.2 Å². The van der Waals surface area contributed by atoms with E-state index >= 15 is 0 Å². The molecule has 1 aromatic carbocycles. The molecule has 0 unspecified atom stereocenters. The third kappa shape index (κ3) is 3.35. The first-order valence-electron chi connectivity index (χ1n) is 7.13. The smallest absolute Gasteiger partial charge is 0.242 e. The number of rotatable bonds is 4. The molecule has 0 bridgehead atoms. The van der Waals surface area contributed by atoms with Gasteiger partial charge in [-0.05, 0) is 48.9 Å². The molecule has 0 aliphatic heterocycles. The number of halogens is 1. The maximum atomic E-state index is 5.95. The predicted molar refractivity (Wildman–Crippen MR) is 86.3 cm³/mol. The molecule has 4 heteroatoms. The van der Waals surface area contributed by atoms with E-state index in [1.54, 1.807) is 0 Å². The molecule has 0 saturated heterocycles. The van der Waals surface area contributed by atoms with Crippen molar-refractivity contribution in [2.24, 2.45) is 0 Å². The van der Waals surface area contributed by atoms with E-state index in [0.717, 1.165) is 23.3 Å². The third-order valence-electron chi connectivity index (χ3n) is 4.16. The molecule has 0 spiro atoms. The molecule has 0 saturated carbocycles. The van der Waals surface area contributed by atoms with E-state index < -0.39 is 0 Å². The summed E-state index contributed by atoms with van der Waals surface area (Å²) in [7, 11) is 0. The Hall–Kier alpha value is -1.61. The van der Waals surface area contributed by atoms with Crippen LogP contribution in [0.2, 0.25) is 5.15 Å². The Kier molecular flexibility index (Phi) is 4.52. The Morgan fingerprint density at radius 3 is 2.24 bits per heavy atom. The molecule has 0 radical (unpaired) electrons. The van der Waals surface area contributed by atoms with Crippen molar-refractivity contribution in [3.8, 4) is 11.6 Å². The minimum absolute atomic E-state index is 0.172. The minimum atomic E-state index is 0.172. The normalized spacial score (nSPS) is 11.5. The zero-order valence-corrected chi connectivity index (χ0v) is 14.0. The van der Waals surface area contributed by atoms with Gasteiger partial charge < -0.3 is 4.74 Å². The van der Waals surface area contributed by atoms with E-state index in [0.29, 0.717) is 11.0 Å². The molecule has 3 nitrogen and oxygen atoms in total. The van der Waals surface area contributed by atoms with Gasteiger partial charge in [0, 0.05) is 5.56 Å². The van der Waals surface area contributed by atoms with Crippen molar-refractivity contribution in [2.75, 3.05) is 0 Å². The summed E-state index contributed by atoms with van der Waals surface area (Å²) in [6.45, 7) is 10.5. The van der Waals surface area contributed by atoms with Gasteiger partial charge in [-0.25, -0.2) is 0 Å². The molecule has 1 heterocycles. The SMILES string of the molecule is CCC(C)(C)c1ccc(Oc2nnc(Cl)c(C)c2C)cc1. The molecular weight excluding hydrogens is 284 g/mol. The summed E-state index contributed by atoms with van der Waals surface area (Å²) < 4.78 is 5.81. The summed E-state index contributed by atoms with van der Waals surface area (Å²) in [5, 5.41) is 8.33. The van der Waals surface area contributed by atoms with Gasteiger partial charge in [-0.15, -0.1) is 10.2 Å². The molecule has 2 aromatic rings. The van der Waals surface area contributed by atoms with Crippen LogP contribution in [-0.2, 0) is 5.41 Å². The Bertz CT molecular complexity index is 636. The zero-order valence-electron chi connectivity index (χ0n) is 13.2. The van der Waals surface area contributed by atoms with Crippen LogP contribution in [0.3, 0.4) is 0 Å². The van der Waals surface area contributed by atoms with Crippen molar-refractivity contribution in [2.45, 2.75) is 46.5 Å². The van der Waals surface area contributed by atoms with Gasteiger partial charge in [0.15, 0.2) is 5.15 Å². The van der Waals surface area contributed by atoms with Crippen molar-refractivity contribution in [1.29, 1.82) is 0 Å². The average molecular weight is 305 g/mol. The molecule has 0 amide bonds. The topological polar surface area (TPSA) is 35.0 Å². The van der Waals surface area contributed by atoms with E-state index in [1.807, 2.05) is 26.0 Å². The highest BCUT2D eigenvalue weighted by atomic mass is 35.5. The average Bonchev–Trinajstić information content (AvgIpc) is 2.48. The molecule has 0 fully saturated rings. The van der Waals surface area contributed by atoms with Crippen molar-refractivity contribution in [3.63, 3.8) is 0 Å². The number of ether oxygens (including phenoxy) is 1. The Morgan fingerprint density at radius 1 is 1.05 bits per heavy atom. The molecule has 0 aliphatic carbocycles. The van der Waals surface area contributed by atoms with Crippen LogP contribution in [0.5, 0.6) is 11.6 Å². The second kappa shape index (κ2) is 6.02. The lowest BCUT2D eigenvalue weighted by Gasteiger charge is -2.23. The molecule has 2 rings (SSSR count). The molecule has 0 N–H and O–H groups in total. The largest absolute Gasteiger partial charge is 0.437 e. The first-order valence-corrected chi connectivity index (χ1v) is 7.50. The van der Waals surface area contributed by atoms with E-state index in [9.17, 15) is 0 Å². The van der Waals surface area contributed by atoms with Gasteiger partial charge in [0.05, 0.1) is 0 Å². The molecule has 1 aromatic heterocycles. The van der Waals surface area contributed by atoms with Gasteiger partial charge in [0.1, 0.15) is 5.75 Å². The first-order chi connectivity index (χ1) is 9.85. The second-order valence-electron chi connectivity index (χ2n) is 5.91. The second-order valence-corrected chi connectivity index (χ2v) is 6.27. The number of nitrogens with zero attached hydrogens (tertiary/aromatic N) is 2. The van der Waals surface area contributed by atoms with Gasteiger partial charge in [-0.1, -0.05) is 44.5 Å². The van der Waals surface area contributed by atoms with Crippen molar-refractivity contribution in [1.82, 2.24) is 10.2 Å². The van der Waals surface area contributed by atoms with Gasteiger partial charge in [0.25, 0.3) is 0 Å². The first kappa shape index (κ1) is 15.8. The zero-order chi connectivity index (χ0) is 15.6. The highest BCUT2D eigenvalue weighted by molar-refractivity contribution is 6.30. The highest BCUT2D eigenvalue weighted by Crippen LogP contribution is 2.30. The van der Waals surface area contributed by atoms with Crippen LogP contribution in [0, 0.1) is 13.8 Å². The van der Waals surface area contributed by atoms with Crippen LogP contribution in [0.4, 0.5) is 0 Å². The van der Waals surface area contributed by atoms with Crippen molar-refractivity contribution in [3.05, 3.63) is 46.1 Å². The van der Waals surface area contributed by atoms with Crippen LogP contribution in [0.25, 0.3) is 0 Å². The lowest BCUT2D eigenvalue weighted by Crippen LogP contribution is -2.14. The third-order valence-corrected chi connectivity index (χ3v) is 4.51. The predicted octanol–water partition coefficient (Wildman–Crippen LogP) is 5.23. The van der Waals surface area contributed by atoms with E-state index in [2.05, 4.69) is 43.1 Å². The molecule has 21 heavy (non-hydrogen) atoms. The van der Waals surface area contributed by atoms with Crippen LogP contribution in [0.15, 0.2) is 24.3 Å². The van der Waals surface area contributed by atoms with Crippen molar-refractivity contribution >= 4 is 11.6 Å². The monoisotopic (exact) mass is 304 g/mol. The maximum Gasteiger partial charge on any atom is 0.242 e. The van der Waals surface area contributed by atoms with Gasteiger partial charge >= 0.3 is 0 Å². The van der Waals surface area contributed by atoms with Gasteiger partial charge in [0.2, 0.25) is 5.88 Å². The summed E-state index contributed by atoms with van der Waals surface area (Å²) in [6, 6.07) is 8.14. The Labute approximate surface area is 131 Å². The number of aromatic nitrogens is 2. The minimum Gasteiger partial charge on any atom is -0.437 e. The Balaban J connectivity index is 2.24. The fraction of sp³-hybridized carbons (Fsp3) is 0.412. The summed E-state index contributed by atoms with van der Waals surface area (Å²) >= 11 is 5.95. The molecule has 0 atom stereocenters. The lowest BCUT2D eigenvalue weighted by molar-refractivity contribution is 0.448. The molecular formula is C17H21ClN2O. The number of benzene rings is 1.